The van der Waals surface area contributed by atoms with Gasteiger partial charge in [-0.25, -0.2) is 9.97 Å². The summed E-state index contributed by atoms with van der Waals surface area (Å²) in [4.78, 5) is 11.5. The molecular formula is C12H19BrN4S. The summed E-state index contributed by atoms with van der Waals surface area (Å²) >= 11 is 5.44. The van der Waals surface area contributed by atoms with Crippen molar-refractivity contribution in [3.63, 3.8) is 0 Å². The standard InChI is InChI=1S/C12H19BrN4S/c1-3-4-8-10(13)11(14)16-12(15-8)9-7-18-6-5-17(9)2/h9H,3-7H2,1-2H3,(H2,14,15,16). The molecule has 0 spiro atoms. The average Bonchev–Trinajstić information content (AvgIpc) is 2.35. The lowest BCUT2D eigenvalue weighted by Crippen LogP contribution is -2.34. The lowest BCUT2D eigenvalue weighted by Gasteiger charge is -2.31. The number of thioether (sulfide) groups is 1. The first-order valence-electron chi connectivity index (χ1n) is 6.23. The molecule has 2 heterocycles. The quantitative estimate of drug-likeness (QED) is 0.922. The van der Waals surface area contributed by atoms with Crippen LogP contribution in [0, 0.1) is 0 Å². The van der Waals surface area contributed by atoms with Crippen molar-refractivity contribution < 1.29 is 0 Å². The molecule has 18 heavy (non-hydrogen) atoms. The highest BCUT2D eigenvalue weighted by atomic mass is 79.9. The van der Waals surface area contributed by atoms with Crippen molar-refractivity contribution in [2.45, 2.75) is 25.8 Å². The summed E-state index contributed by atoms with van der Waals surface area (Å²) < 4.78 is 0.860. The molecule has 100 valence electrons. The van der Waals surface area contributed by atoms with E-state index in [9.17, 15) is 0 Å². The van der Waals surface area contributed by atoms with Crippen LogP contribution in [-0.4, -0.2) is 40.0 Å². The Morgan fingerprint density at radius 1 is 1.50 bits per heavy atom. The molecule has 1 atom stereocenters. The van der Waals surface area contributed by atoms with Gasteiger partial charge in [-0.05, 0) is 29.4 Å². The van der Waals surface area contributed by atoms with Gasteiger partial charge in [0.1, 0.15) is 11.6 Å². The Labute approximate surface area is 121 Å². The molecule has 1 aliphatic rings. The fourth-order valence-electron chi connectivity index (χ4n) is 2.04. The van der Waals surface area contributed by atoms with E-state index in [-0.39, 0.29) is 6.04 Å². The summed E-state index contributed by atoms with van der Waals surface area (Å²) in [6.45, 7) is 3.23. The van der Waals surface area contributed by atoms with Crippen molar-refractivity contribution in [2.75, 3.05) is 30.8 Å². The minimum absolute atomic E-state index is 0.287. The van der Waals surface area contributed by atoms with Crippen molar-refractivity contribution >= 4 is 33.5 Å². The maximum atomic E-state index is 5.98. The molecule has 0 aliphatic carbocycles. The maximum absolute atomic E-state index is 5.98. The van der Waals surface area contributed by atoms with E-state index in [1.807, 2.05) is 11.8 Å². The van der Waals surface area contributed by atoms with Crippen molar-refractivity contribution in [1.82, 2.24) is 14.9 Å². The average molecular weight is 331 g/mol. The first-order valence-corrected chi connectivity index (χ1v) is 8.18. The van der Waals surface area contributed by atoms with Crippen LogP contribution in [0.4, 0.5) is 5.82 Å². The molecule has 1 aromatic heterocycles. The zero-order valence-electron chi connectivity index (χ0n) is 10.8. The van der Waals surface area contributed by atoms with E-state index < -0.39 is 0 Å². The Kier molecular flexibility index (Phi) is 4.86. The Balaban J connectivity index is 2.32. The first kappa shape index (κ1) is 14.1. The van der Waals surface area contributed by atoms with Crippen LogP contribution in [0.1, 0.15) is 30.9 Å². The van der Waals surface area contributed by atoms with Gasteiger partial charge in [-0.15, -0.1) is 0 Å². The monoisotopic (exact) mass is 330 g/mol. The zero-order chi connectivity index (χ0) is 13.1. The van der Waals surface area contributed by atoms with Crippen LogP contribution in [0.2, 0.25) is 0 Å². The summed E-state index contributed by atoms with van der Waals surface area (Å²) in [5, 5.41) is 0. The van der Waals surface area contributed by atoms with Crippen LogP contribution < -0.4 is 5.73 Å². The topological polar surface area (TPSA) is 55.0 Å². The van der Waals surface area contributed by atoms with Gasteiger partial charge in [0.2, 0.25) is 0 Å². The van der Waals surface area contributed by atoms with Gasteiger partial charge < -0.3 is 5.73 Å². The Bertz CT molecular complexity index is 427. The molecule has 0 bridgehead atoms. The number of hydrogen-bond acceptors (Lipinski definition) is 5. The highest BCUT2D eigenvalue weighted by Gasteiger charge is 2.25. The largest absolute Gasteiger partial charge is 0.383 e. The number of rotatable bonds is 3. The lowest BCUT2D eigenvalue weighted by molar-refractivity contribution is 0.264. The van der Waals surface area contributed by atoms with Crippen LogP contribution >= 0.6 is 27.7 Å². The van der Waals surface area contributed by atoms with Crippen LogP contribution in [-0.2, 0) is 6.42 Å². The predicted octanol–water partition coefficient (Wildman–Crippen LogP) is 2.49. The Hall–Kier alpha value is -0.330. The molecule has 2 rings (SSSR count). The number of nitrogen functional groups attached to an aromatic ring is 1. The third kappa shape index (κ3) is 2.97. The smallest absolute Gasteiger partial charge is 0.149 e. The van der Waals surface area contributed by atoms with Gasteiger partial charge in [-0.1, -0.05) is 13.3 Å². The second-order valence-corrected chi connectivity index (χ2v) is 6.49. The van der Waals surface area contributed by atoms with Gasteiger partial charge >= 0.3 is 0 Å². The number of halogens is 1. The lowest BCUT2D eigenvalue weighted by atomic mass is 10.2. The Morgan fingerprint density at radius 3 is 2.94 bits per heavy atom. The van der Waals surface area contributed by atoms with E-state index in [0.717, 1.165) is 41.1 Å². The van der Waals surface area contributed by atoms with Crippen LogP contribution in [0.5, 0.6) is 0 Å². The summed E-state index contributed by atoms with van der Waals surface area (Å²) in [6.07, 6.45) is 1.99. The molecule has 1 aliphatic heterocycles. The van der Waals surface area contributed by atoms with Gasteiger partial charge in [0, 0.05) is 18.1 Å². The molecule has 0 aromatic carbocycles. The fraction of sp³-hybridized carbons (Fsp3) is 0.667. The van der Waals surface area contributed by atoms with Crippen LogP contribution in [0.15, 0.2) is 4.47 Å². The number of aromatic nitrogens is 2. The predicted molar refractivity (Wildman–Crippen MR) is 80.8 cm³/mol. The second-order valence-electron chi connectivity index (χ2n) is 4.55. The van der Waals surface area contributed by atoms with Crippen LogP contribution in [0.25, 0.3) is 0 Å². The van der Waals surface area contributed by atoms with E-state index in [2.05, 4.69) is 39.8 Å². The number of nitrogens with two attached hydrogens (primary N) is 1. The van der Waals surface area contributed by atoms with E-state index >= 15 is 0 Å². The fourth-order valence-corrected chi connectivity index (χ4v) is 3.63. The third-order valence-electron chi connectivity index (χ3n) is 3.14. The van der Waals surface area contributed by atoms with E-state index in [1.165, 1.54) is 5.75 Å². The third-order valence-corrected chi connectivity index (χ3v) is 5.03. The molecule has 1 aromatic rings. The van der Waals surface area contributed by atoms with Gasteiger partial charge in [0.05, 0.1) is 16.2 Å². The van der Waals surface area contributed by atoms with Crippen molar-refractivity contribution in [1.29, 1.82) is 0 Å². The minimum atomic E-state index is 0.287. The van der Waals surface area contributed by atoms with Gasteiger partial charge in [0.25, 0.3) is 0 Å². The molecule has 1 unspecified atom stereocenters. The summed E-state index contributed by atoms with van der Waals surface area (Å²) in [7, 11) is 2.13. The highest BCUT2D eigenvalue weighted by Crippen LogP contribution is 2.29. The number of anilines is 1. The first-order chi connectivity index (χ1) is 8.63. The zero-order valence-corrected chi connectivity index (χ0v) is 13.2. The van der Waals surface area contributed by atoms with Crippen molar-refractivity contribution in [3.05, 3.63) is 16.0 Å². The summed E-state index contributed by atoms with van der Waals surface area (Å²) in [5.41, 5.74) is 7.01. The van der Waals surface area contributed by atoms with Crippen molar-refractivity contribution in [3.8, 4) is 0 Å². The summed E-state index contributed by atoms with van der Waals surface area (Å²) in [5.74, 6) is 3.66. The number of aryl methyl sites for hydroxylation is 1. The van der Waals surface area contributed by atoms with Gasteiger partial charge in [0.15, 0.2) is 0 Å². The molecule has 0 amide bonds. The number of nitrogens with zero attached hydrogens (tertiary/aromatic N) is 3. The normalized spacial score (nSPS) is 21.2. The molecular weight excluding hydrogens is 312 g/mol. The van der Waals surface area contributed by atoms with E-state index in [0.29, 0.717) is 5.82 Å². The SMILES string of the molecule is CCCc1nc(C2CSCCN2C)nc(N)c1Br. The maximum Gasteiger partial charge on any atom is 0.149 e. The summed E-state index contributed by atoms with van der Waals surface area (Å²) in [6, 6.07) is 0.287. The highest BCUT2D eigenvalue weighted by molar-refractivity contribution is 9.10. The van der Waals surface area contributed by atoms with Crippen LogP contribution in [0.3, 0.4) is 0 Å². The molecule has 1 fully saturated rings. The van der Waals surface area contributed by atoms with E-state index in [4.69, 9.17) is 10.7 Å². The van der Waals surface area contributed by atoms with Gasteiger partial charge in [-0.3, -0.25) is 4.90 Å². The minimum Gasteiger partial charge on any atom is -0.383 e. The molecule has 2 N–H and O–H groups in total. The molecule has 6 heteroatoms. The Morgan fingerprint density at radius 2 is 2.28 bits per heavy atom. The number of hydrogen-bond donors (Lipinski definition) is 1. The molecule has 4 nitrogen and oxygen atoms in total. The molecule has 1 saturated heterocycles. The second kappa shape index (κ2) is 6.21. The molecule has 0 saturated carbocycles. The van der Waals surface area contributed by atoms with Gasteiger partial charge in [-0.2, -0.15) is 11.8 Å². The van der Waals surface area contributed by atoms with Crippen molar-refractivity contribution in [2.24, 2.45) is 0 Å². The van der Waals surface area contributed by atoms with E-state index in [1.54, 1.807) is 0 Å². The molecule has 0 radical (unpaired) electrons.